The summed E-state index contributed by atoms with van der Waals surface area (Å²) in [5.41, 5.74) is 2.32. The monoisotopic (exact) mass is 251 g/mol. The molecule has 0 aliphatic carbocycles. The van der Waals surface area contributed by atoms with Crippen LogP contribution in [-0.4, -0.2) is 34.7 Å². The van der Waals surface area contributed by atoms with Crippen molar-refractivity contribution in [1.82, 2.24) is 5.32 Å². The van der Waals surface area contributed by atoms with E-state index in [0.29, 0.717) is 18.8 Å². The molecule has 0 saturated carbocycles. The first-order valence-corrected chi connectivity index (χ1v) is 5.46. The lowest BCUT2D eigenvalue weighted by Gasteiger charge is -2.12. The van der Waals surface area contributed by atoms with Gasteiger partial charge in [0.2, 0.25) is 0 Å². The molecule has 2 rings (SSSR count). The molecule has 0 spiro atoms. The molecule has 1 heterocycles. The third-order valence-corrected chi connectivity index (χ3v) is 2.77. The van der Waals surface area contributed by atoms with Gasteiger partial charge in [-0.15, -0.1) is 0 Å². The van der Waals surface area contributed by atoms with Crippen LogP contribution >= 0.6 is 0 Å². The molecule has 6 heteroatoms. The number of carboxylic acid groups (broad SMARTS) is 1. The zero-order valence-corrected chi connectivity index (χ0v) is 9.55. The lowest BCUT2D eigenvalue weighted by atomic mass is 10.1. The molecule has 1 aliphatic rings. The van der Waals surface area contributed by atoms with E-state index in [0.717, 1.165) is 11.1 Å². The van der Waals surface area contributed by atoms with Crippen molar-refractivity contribution in [3.63, 3.8) is 0 Å². The van der Waals surface area contributed by atoms with E-state index >= 15 is 0 Å². The van der Waals surface area contributed by atoms with Gasteiger partial charge in [0.25, 0.3) is 5.91 Å². The number of carbonyl (C=O) groups excluding carboxylic acids is 1. The van der Waals surface area contributed by atoms with Crippen molar-refractivity contribution >= 4 is 11.9 Å². The van der Waals surface area contributed by atoms with Crippen LogP contribution in [0.3, 0.4) is 0 Å². The fourth-order valence-electron chi connectivity index (χ4n) is 1.74. The normalized spacial score (nSPS) is 14.9. The molecule has 1 unspecified atom stereocenters. The van der Waals surface area contributed by atoms with Gasteiger partial charge in [0.05, 0.1) is 19.8 Å². The summed E-state index contributed by atoms with van der Waals surface area (Å²) in [5.74, 6) is -1.79. The smallest absolute Gasteiger partial charge is 0.328 e. The maximum Gasteiger partial charge on any atom is 0.328 e. The Bertz CT molecular complexity index is 485. The van der Waals surface area contributed by atoms with Gasteiger partial charge in [-0.3, -0.25) is 4.79 Å². The second-order valence-electron chi connectivity index (χ2n) is 4.02. The molecule has 1 atom stereocenters. The van der Waals surface area contributed by atoms with Crippen LogP contribution in [-0.2, 0) is 22.7 Å². The molecular weight excluding hydrogens is 238 g/mol. The Morgan fingerprint density at radius 3 is 2.72 bits per heavy atom. The Labute approximate surface area is 103 Å². The minimum absolute atomic E-state index is 0.360. The zero-order chi connectivity index (χ0) is 13.1. The van der Waals surface area contributed by atoms with Gasteiger partial charge in [-0.1, -0.05) is 6.07 Å². The minimum atomic E-state index is -1.29. The van der Waals surface area contributed by atoms with E-state index in [2.05, 4.69) is 5.32 Å². The number of amides is 1. The average molecular weight is 251 g/mol. The van der Waals surface area contributed by atoms with Gasteiger partial charge >= 0.3 is 5.97 Å². The number of hydrogen-bond donors (Lipinski definition) is 3. The Balaban J connectivity index is 2.12. The van der Waals surface area contributed by atoms with Crippen molar-refractivity contribution in [2.45, 2.75) is 19.3 Å². The molecule has 18 heavy (non-hydrogen) atoms. The fraction of sp³-hybridized carbons (Fsp3) is 0.333. The van der Waals surface area contributed by atoms with Crippen molar-refractivity contribution < 1.29 is 24.5 Å². The van der Waals surface area contributed by atoms with Crippen molar-refractivity contribution in [3.05, 3.63) is 34.9 Å². The number of rotatable bonds is 4. The topological polar surface area (TPSA) is 95.9 Å². The first kappa shape index (κ1) is 12.5. The fourth-order valence-corrected chi connectivity index (χ4v) is 1.74. The molecule has 0 fully saturated rings. The van der Waals surface area contributed by atoms with Crippen LogP contribution in [0.1, 0.15) is 21.5 Å². The number of fused-ring (bicyclic) bond motifs is 1. The van der Waals surface area contributed by atoms with Crippen LogP contribution in [0.15, 0.2) is 18.2 Å². The maximum absolute atomic E-state index is 11.8. The molecule has 0 radical (unpaired) electrons. The summed E-state index contributed by atoms with van der Waals surface area (Å²) in [6.07, 6.45) is 0. The summed E-state index contributed by atoms with van der Waals surface area (Å²) in [5, 5.41) is 19.8. The van der Waals surface area contributed by atoms with E-state index in [4.69, 9.17) is 14.9 Å². The zero-order valence-electron chi connectivity index (χ0n) is 9.55. The number of benzene rings is 1. The number of aliphatic carboxylic acids is 1. The van der Waals surface area contributed by atoms with Crippen LogP contribution in [0, 0.1) is 0 Å². The van der Waals surface area contributed by atoms with Crippen molar-refractivity contribution in [1.29, 1.82) is 0 Å². The molecule has 3 N–H and O–H groups in total. The van der Waals surface area contributed by atoms with Crippen LogP contribution in [0.4, 0.5) is 0 Å². The van der Waals surface area contributed by atoms with E-state index in [1.165, 1.54) is 0 Å². The van der Waals surface area contributed by atoms with E-state index in [1.54, 1.807) is 18.2 Å². The molecule has 1 aromatic carbocycles. The maximum atomic E-state index is 11.8. The van der Waals surface area contributed by atoms with Gasteiger partial charge in [0, 0.05) is 5.56 Å². The molecule has 0 aromatic heterocycles. The van der Waals surface area contributed by atoms with E-state index in [-0.39, 0.29) is 0 Å². The lowest BCUT2D eigenvalue weighted by molar-refractivity contribution is -0.140. The molecular formula is C12H13NO5. The largest absolute Gasteiger partial charge is 0.480 e. The first-order valence-electron chi connectivity index (χ1n) is 5.46. The predicted octanol–water partition coefficient (Wildman–Crippen LogP) is -0.108. The quantitative estimate of drug-likeness (QED) is 0.694. The molecule has 0 saturated heterocycles. The van der Waals surface area contributed by atoms with Crippen LogP contribution in [0.2, 0.25) is 0 Å². The number of aliphatic hydroxyl groups is 1. The Morgan fingerprint density at radius 2 is 2.06 bits per heavy atom. The highest BCUT2D eigenvalue weighted by Crippen LogP contribution is 2.20. The van der Waals surface area contributed by atoms with Crippen molar-refractivity contribution in [3.8, 4) is 0 Å². The van der Waals surface area contributed by atoms with Gasteiger partial charge < -0.3 is 20.3 Å². The number of ether oxygens (including phenoxy) is 1. The molecule has 1 aromatic rings. The van der Waals surface area contributed by atoms with Crippen LogP contribution in [0.5, 0.6) is 0 Å². The van der Waals surface area contributed by atoms with Gasteiger partial charge in [-0.25, -0.2) is 4.79 Å². The summed E-state index contributed by atoms with van der Waals surface area (Å²) in [4.78, 5) is 22.5. The lowest BCUT2D eigenvalue weighted by Crippen LogP contribution is -2.43. The molecule has 6 nitrogen and oxygen atoms in total. The minimum Gasteiger partial charge on any atom is -0.480 e. The molecule has 1 aliphatic heterocycles. The number of hydrogen-bond acceptors (Lipinski definition) is 4. The van der Waals surface area contributed by atoms with Crippen molar-refractivity contribution in [2.75, 3.05) is 6.61 Å². The molecule has 96 valence electrons. The number of aliphatic hydroxyl groups excluding tert-OH is 1. The van der Waals surface area contributed by atoms with Gasteiger partial charge in [-0.05, 0) is 23.3 Å². The predicted molar refractivity (Wildman–Crippen MR) is 60.9 cm³/mol. The number of carboxylic acids is 1. The van der Waals surface area contributed by atoms with E-state index < -0.39 is 24.5 Å². The third kappa shape index (κ3) is 2.49. The molecule has 0 bridgehead atoms. The summed E-state index contributed by atoms with van der Waals surface area (Å²) in [7, 11) is 0. The molecule has 1 amide bonds. The third-order valence-electron chi connectivity index (χ3n) is 2.77. The highest BCUT2D eigenvalue weighted by atomic mass is 16.5. The summed E-state index contributed by atoms with van der Waals surface area (Å²) < 4.78 is 5.22. The van der Waals surface area contributed by atoms with E-state index in [9.17, 15) is 9.59 Å². The highest BCUT2D eigenvalue weighted by Gasteiger charge is 2.20. The average Bonchev–Trinajstić information content (AvgIpc) is 2.82. The second kappa shape index (κ2) is 5.16. The van der Waals surface area contributed by atoms with E-state index in [1.807, 2.05) is 0 Å². The Hall–Kier alpha value is -1.92. The summed E-state index contributed by atoms with van der Waals surface area (Å²) in [6.45, 7) is 0.347. The number of carbonyl (C=O) groups is 2. The van der Waals surface area contributed by atoms with Gasteiger partial charge in [-0.2, -0.15) is 0 Å². The first-order chi connectivity index (χ1) is 8.61. The van der Waals surface area contributed by atoms with Crippen LogP contribution in [0.25, 0.3) is 0 Å². The van der Waals surface area contributed by atoms with Crippen LogP contribution < -0.4 is 5.32 Å². The Morgan fingerprint density at radius 1 is 1.33 bits per heavy atom. The number of nitrogens with one attached hydrogen (secondary N) is 1. The standard InChI is InChI=1S/C12H13NO5/c14-4-10(12(16)17)13-11(15)7-1-2-8-5-18-6-9(8)3-7/h1-3,10,14H,4-6H2,(H,13,15)(H,16,17). The van der Waals surface area contributed by atoms with Gasteiger partial charge in [0.1, 0.15) is 0 Å². The Kier molecular flexibility index (Phi) is 3.59. The summed E-state index contributed by atoms with van der Waals surface area (Å²) in [6, 6.07) is 3.78. The SMILES string of the molecule is O=C(NC(CO)C(=O)O)c1ccc2c(c1)COC2. The highest BCUT2D eigenvalue weighted by molar-refractivity contribution is 5.96. The second-order valence-corrected chi connectivity index (χ2v) is 4.02. The van der Waals surface area contributed by atoms with Gasteiger partial charge in [0.15, 0.2) is 6.04 Å². The summed E-state index contributed by atoms with van der Waals surface area (Å²) >= 11 is 0. The van der Waals surface area contributed by atoms with Crippen molar-refractivity contribution in [2.24, 2.45) is 0 Å².